The fourth-order valence-electron chi connectivity index (χ4n) is 1.07. The van der Waals surface area contributed by atoms with Crippen molar-refractivity contribution in [3.8, 4) is 0 Å². The number of hydrogen-bond donors (Lipinski definition) is 1. The van der Waals surface area contributed by atoms with Crippen molar-refractivity contribution in [2.75, 3.05) is 0 Å². The lowest BCUT2D eigenvalue weighted by Crippen LogP contribution is -2.40. The SMILES string of the molecule is CC(C)(C)[Si](C)(C)OCc1cnn(CC(=O)O)n1. The van der Waals surface area contributed by atoms with Crippen LogP contribution in [-0.2, 0) is 22.4 Å². The molecule has 1 rings (SSSR count). The van der Waals surface area contributed by atoms with Crippen molar-refractivity contribution in [3.63, 3.8) is 0 Å². The molecule has 0 aliphatic carbocycles. The molecule has 102 valence electrons. The van der Waals surface area contributed by atoms with Gasteiger partial charge < -0.3 is 9.53 Å². The third kappa shape index (κ3) is 3.92. The van der Waals surface area contributed by atoms with Gasteiger partial charge in [-0.1, -0.05) is 20.8 Å². The number of carbonyl (C=O) groups is 1. The van der Waals surface area contributed by atoms with Crippen molar-refractivity contribution >= 4 is 14.3 Å². The highest BCUT2D eigenvalue weighted by atomic mass is 28.4. The van der Waals surface area contributed by atoms with E-state index in [0.29, 0.717) is 12.3 Å². The topological polar surface area (TPSA) is 77.2 Å². The zero-order valence-corrected chi connectivity index (χ0v) is 12.6. The largest absolute Gasteiger partial charge is 0.480 e. The first-order valence-corrected chi connectivity index (χ1v) is 8.77. The molecule has 0 aromatic carbocycles. The second kappa shape index (κ2) is 5.19. The quantitative estimate of drug-likeness (QED) is 0.827. The van der Waals surface area contributed by atoms with E-state index in [4.69, 9.17) is 9.53 Å². The van der Waals surface area contributed by atoms with Crippen molar-refractivity contribution in [2.45, 2.75) is 52.1 Å². The molecule has 0 fully saturated rings. The van der Waals surface area contributed by atoms with Gasteiger partial charge in [0.05, 0.1) is 12.8 Å². The molecule has 0 aliphatic rings. The van der Waals surface area contributed by atoms with E-state index in [1.165, 1.54) is 0 Å². The van der Waals surface area contributed by atoms with Gasteiger partial charge >= 0.3 is 5.97 Å². The van der Waals surface area contributed by atoms with Gasteiger partial charge in [0.25, 0.3) is 0 Å². The Morgan fingerprint density at radius 1 is 1.50 bits per heavy atom. The van der Waals surface area contributed by atoms with Crippen LogP contribution >= 0.6 is 0 Å². The molecule has 0 unspecified atom stereocenters. The van der Waals surface area contributed by atoms with Gasteiger partial charge in [-0.05, 0) is 18.1 Å². The Labute approximate surface area is 108 Å². The summed E-state index contributed by atoms with van der Waals surface area (Å²) in [6, 6.07) is 0. The average Bonchev–Trinajstić information content (AvgIpc) is 2.60. The first-order chi connectivity index (χ1) is 8.12. The maximum atomic E-state index is 10.5. The predicted molar refractivity (Wildman–Crippen MR) is 69.6 cm³/mol. The molecular formula is C11H21N3O3Si. The summed E-state index contributed by atoms with van der Waals surface area (Å²) in [6.07, 6.45) is 1.55. The monoisotopic (exact) mass is 271 g/mol. The standard InChI is InChI=1S/C11H21N3O3Si/c1-11(2,3)18(4,5)17-8-9-6-12-14(13-9)7-10(15)16/h6H,7-8H2,1-5H3,(H,15,16). The van der Waals surface area contributed by atoms with E-state index in [0.717, 1.165) is 4.80 Å². The first-order valence-electron chi connectivity index (χ1n) is 5.86. The van der Waals surface area contributed by atoms with Gasteiger partial charge in [-0.25, -0.2) is 0 Å². The van der Waals surface area contributed by atoms with Crippen LogP contribution in [0.15, 0.2) is 6.20 Å². The van der Waals surface area contributed by atoms with Crippen LogP contribution < -0.4 is 0 Å². The molecule has 0 bridgehead atoms. The fraction of sp³-hybridized carbons (Fsp3) is 0.727. The number of rotatable bonds is 5. The van der Waals surface area contributed by atoms with E-state index < -0.39 is 14.3 Å². The van der Waals surface area contributed by atoms with Crippen molar-refractivity contribution in [1.82, 2.24) is 15.0 Å². The Bertz CT molecular complexity index is 423. The van der Waals surface area contributed by atoms with E-state index in [1.54, 1.807) is 6.20 Å². The van der Waals surface area contributed by atoms with E-state index in [2.05, 4.69) is 44.1 Å². The molecule has 0 aliphatic heterocycles. The van der Waals surface area contributed by atoms with Crippen molar-refractivity contribution in [3.05, 3.63) is 11.9 Å². The van der Waals surface area contributed by atoms with Gasteiger partial charge in [0.2, 0.25) is 0 Å². The van der Waals surface area contributed by atoms with Crippen molar-refractivity contribution < 1.29 is 14.3 Å². The molecule has 1 aromatic heterocycles. The molecule has 0 atom stereocenters. The van der Waals surface area contributed by atoms with Crippen molar-refractivity contribution in [2.24, 2.45) is 0 Å². The lowest BCUT2D eigenvalue weighted by atomic mass is 10.2. The van der Waals surface area contributed by atoms with Gasteiger partial charge in [0.1, 0.15) is 5.69 Å². The van der Waals surface area contributed by atoms with Crippen LogP contribution in [-0.4, -0.2) is 34.4 Å². The minimum absolute atomic E-state index is 0.143. The molecule has 7 heteroatoms. The minimum atomic E-state index is -1.80. The lowest BCUT2D eigenvalue weighted by Gasteiger charge is -2.35. The molecule has 1 N–H and O–H groups in total. The Morgan fingerprint density at radius 3 is 2.61 bits per heavy atom. The zero-order valence-electron chi connectivity index (χ0n) is 11.6. The van der Waals surface area contributed by atoms with Crippen LogP contribution in [0.25, 0.3) is 0 Å². The number of aromatic nitrogens is 3. The Morgan fingerprint density at radius 2 is 2.11 bits per heavy atom. The van der Waals surface area contributed by atoms with E-state index in [-0.39, 0.29) is 11.6 Å². The molecule has 0 amide bonds. The molecular weight excluding hydrogens is 250 g/mol. The summed E-state index contributed by atoms with van der Waals surface area (Å²) >= 11 is 0. The highest BCUT2D eigenvalue weighted by molar-refractivity contribution is 6.74. The van der Waals surface area contributed by atoms with Crippen LogP contribution in [0.4, 0.5) is 0 Å². The Hall–Kier alpha value is -1.21. The summed E-state index contributed by atoms with van der Waals surface area (Å²) in [6.45, 7) is 11.0. The highest BCUT2D eigenvalue weighted by Crippen LogP contribution is 2.36. The van der Waals surface area contributed by atoms with E-state index in [9.17, 15) is 4.79 Å². The normalized spacial score (nSPS) is 12.7. The van der Waals surface area contributed by atoms with Gasteiger partial charge in [-0.15, -0.1) is 0 Å². The number of carboxylic acids is 1. The highest BCUT2D eigenvalue weighted by Gasteiger charge is 2.37. The summed E-state index contributed by atoms with van der Waals surface area (Å²) in [4.78, 5) is 11.7. The van der Waals surface area contributed by atoms with Gasteiger partial charge in [0.15, 0.2) is 14.9 Å². The van der Waals surface area contributed by atoms with Crippen LogP contribution in [0, 0.1) is 0 Å². The third-order valence-electron chi connectivity index (χ3n) is 3.25. The molecule has 1 aromatic rings. The van der Waals surface area contributed by atoms with Crippen LogP contribution in [0.5, 0.6) is 0 Å². The van der Waals surface area contributed by atoms with E-state index >= 15 is 0 Å². The lowest BCUT2D eigenvalue weighted by molar-refractivity contribution is -0.138. The predicted octanol–water partition coefficient (Wildman–Crippen LogP) is 1.88. The summed E-state index contributed by atoms with van der Waals surface area (Å²) in [7, 11) is -1.80. The van der Waals surface area contributed by atoms with Gasteiger partial charge in [-0.2, -0.15) is 15.0 Å². The van der Waals surface area contributed by atoms with Crippen LogP contribution in [0.2, 0.25) is 18.1 Å². The minimum Gasteiger partial charge on any atom is -0.480 e. The van der Waals surface area contributed by atoms with Crippen molar-refractivity contribution in [1.29, 1.82) is 0 Å². The maximum absolute atomic E-state index is 10.5. The molecule has 18 heavy (non-hydrogen) atoms. The molecule has 0 saturated carbocycles. The number of carboxylic acid groups (broad SMARTS) is 1. The van der Waals surface area contributed by atoms with E-state index in [1.807, 2.05) is 0 Å². The number of hydrogen-bond acceptors (Lipinski definition) is 4. The molecule has 6 nitrogen and oxygen atoms in total. The zero-order chi connectivity index (χ0) is 14.0. The Kier molecular flexibility index (Phi) is 4.28. The van der Waals surface area contributed by atoms with Gasteiger partial charge in [-0.3, -0.25) is 4.79 Å². The third-order valence-corrected chi connectivity index (χ3v) is 7.73. The number of aliphatic carboxylic acids is 1. The summed E-state index contributed by atoms with van der Waals surface area (Å²) < 4.78 is 5.97. The Balaban J connectivity index is 2.59. The van der Waals surface area contributed by atoms with Crippen LogP contribution in [0.3, 0.4) is 0 Å². The first kappa shape index (κ1) is 14.8. The second-order valence-corrected chi connectivity index (χ2v) is 10.6. The summed E-state index contributed by atoms with van der Waals surface area (Å²) in [5.41, 5.74) is 0.668. The molecule has 1 heterocycles. The fourth-order valence-corrected chi connectivity index (χ4v) is 2.01. The van der Waals surface area contributed by atoms with Crippen LogP contribution in [0.1, 0.15) is 26.5 Å². The number of nitrogens with zero attached hydrogens (tertiary/aromatic N) is 3. The molecule has 0 radical (unpaired) electrons. The summed E-state index contributed by atoms with van der Waals surface area (Å²) in [5.74, 6) is -0.956. The molecule has 0 spiro atoms. The maximum Gasteiger partial charge on any atom is 0.327 e. The summed E-state index contributed by atoms with van der Waals surface area (Å²) in [5, 5.41) is 16.7. The molecule has 0 saturated heterocycles. The smallest absolute Gasteiger partial charge is 0.327 e. The van der Waals surface area contributed by atoms with Gasteiger partial charge in [0, 0.05) is 0 Å². The second-order valence-electron chi connectivity index (χ2n) is 5.81. The average molecular weight is 271 g/mol.